The van der Waals surface area contributed by atoms with Crippen LogP contribution in [0, 0.1) is 5.92 Å². The van der Waals surface area contributed by atoms with E-state index in [0.717, 1.165) is 10.0 Å². The summed E-state index contributed by atoms with van der Waals surface area (Å²) in [6.07, 6.45) is 0.811. The van der Waals surface area contributed by atoms with Gasteiger partial charge in [0, 0.05) is 16.8 Å². The molecular weight excluding hydrogens is 304 g/mol. The van der Waals surface area contributed by atoms with Gasteiger partial charge < -0.3 is 0 Å². The third kappa shape index (κ3) is 3.39. The van der Waals surface area contributed by atoms with Crippen molar-refractivity contribution >= 4 is 31.6 Å². The summed E-state index contributed by atoms with van der Waals surface area (Å²) in [6, 6.07) is 7.53. The van der Waals surface area contributed by atoms with E-state index in [1.54, 1.807) is 0 Å². The Morgan fingerprint density at radius 1 is 1.29 bits per heavy atom. The maximum absolute atomic E-state index is 11.9. The van der Waals surface area contributed by atoms with Gasteiger partial charge in [-0.1, -0.05) is 28.1 Å². The van der Waals surface area contributed by atoms with Crippen LogP contribution in [0.2, 0.25) is 0 Å². The fourth-order valence-corrected chi connectivity index (χ4v) is 4.04. The van der Waals surface area contributed by atoms with Gasteiger partial charge in [0.25, 0.3) is 0 Å². The highest BCUT2D eigenvalue weighted by molar-refractivity contribution is 9.10. The summed E-state index contributed by atoms with van der Waals surface area (Å²) in [6.45, 7) is 0. The van der Waals surface area contributed by atoms with E-state index in [2.05, 4.69) is 15.9 Å². The van der Waals surface area contributed by atoms with E-state index in [4.69, 9.17) is 0 Å². The van der Waals surface area contributed by atoms with E-state index < -0.39 is 9.84 Å². The second kappa shape index (κ2) is 4.90. The van der Waals surface area contributed by atoms with Gasteiger partial charge in [0.2, 0.25) is 0 Å². The minimum absolute atomic E-state index is 0.0301. The number of rotatable bonds is 3. The molecular formula is C12H13BrO3S. The number of benzene rings is 1. The molecule has 0 amide bonds. The zero-order valence-electron chi connectivity index (χ0n) is 9.23. The number of hydrogen-bond donors (Lipinski definition) is 0. The molecule has 1 atom stereocenters. The van der Waals surface area contributed by atoms with E-state index >= 15 is 0 Å². The zero-order chi connectivity index (χ0) is 12.5. The molecule has 1 aliphatic rings. The Morgan fingerprint density at radius 2 is 1.94 bits per heavy atom. The Balaban J connectivity index is 2.01. The van der Waals surface area contributed by atoms with Crippen molar-refractivity contribution in [3.05, 3.63) is 34.3 Å². The summed E-state index contributed by atoms with van der Waals surface area (Å²) in [5.74, 6) is -0.0800. The third-order valence-corrected chi connectivity index (χ3v) is 5.28. The molecule has 3 nitrogen and oxygen atoms in total. The van der Waals surface area contributed by atoms with Crippen LogP contribution in [0.5, 0.6) is 0 Å². The molecule has 0 N–H and O–H groups in total. The summed E-state index contributed by atoms with van der Waals surface area (Å²) < 4.78 is 23.5. The van der Waals surface area contributed by atoms with E-state index in [1.165, 1.54) is 0 Å². The number of ketones is 1. The van der Waals surface area contributed by atoms with Gasteiger partial charge in [0.05, 0.1) is 11.5 Å². The SMILES string of the molecule is O=C(Cc1ccc(Br)cc1)C1CCS(=O)(=O)C1. The van der Waals surface area contributed by atoms with E-state index in [-0.39, 0.29) is 23.2 Å². The number of carbonyl (C=O) groups excluding carboxylic acids is 1. The molecule has 1 saturated heterocycles. The highest BCUT2D eigenvalue weighted by Crippen LogP contribution is 2.21. The smallest absolute Gasteiger partial charge is 0.151 e. The van der Waals surface area contributed by atoms with Crippen LogP contribution < -0.4 is 0 Å². The number of hydrogen-bond acceptors (Lipinski definition) is 3. The van der Waals surface area contributed by atoms with Crippen LogP contribution >= 0.6 is 15.9 Å². The molecule has 2 rings (SSSR count). The fraction of sp³-hybridized carbons (Fsp3) is 0.417. The van der Waals surface area contributed by atoms with Crippen LogP contribution in [0.3, 0.4) is 0 Å². The predicted molar refractivity (Wildman–Crippen MR) is 69.6 cm³/mol. The zero-order valence-corrected chi connectivity index (χ0v) is 11.6. The molecule has 5 heteroatoms. The minimum atomic E-state index is -2.97. The van der Waals surface area contributed by atoms with E-state index in [9.17, 15) is 13.2 Å². The molecule has 92 valence electrons. The number of carbonyl (C=O) groups is 1. The quantitative estimate of drug-likeness (QED) is 0.857. The lowest BCUT2D eigenvalue weighted by atomic mass is 9.97. The summed E-state index contributed by atoms with van der Waals surface area (Å²) in [4.78, 5) is 11.9. The van der Waals surface area contributed by atoms with Gasteiger partial charge in [-0.25, -0.2) is 8.42 Å². The number of Topliss-reactive ketones (excluding diaryl/α,β-unsaturated/α-hetero) is 1. The Kier molecular flexibility index (Phi) is 3.68. The highest BCUT2D eigenvalue weighted by Gasteiger charge is 2.32. The largest absolute Gasteiger partial charge is 0.299 e. The highest BCUT2D eigenvalue weighted by atomic mass is 79.9. The Bertz CT molecular complexity index is 519. The minimum Gasteiger partial charge on any atom is -0.299 e. The third-order valence-electron chi connectivity index (χ3n) is 2.98. The van der Waals surface area contributed by atoms with Crippen LogP contribution in [0.25, 0.3) is 0 Å². The van der Waals surface area contributed by atoms with Crippen molar-refractivity contribution in [2.75, 3.05) is 11.5 Å². The first kappa shape index (κ1) is 12.8. The van der Waals surface area contributed by atoms with Crippen molar-refractivity contribution in [3.63, 3.8) is 0 Å². The Hall–Kier alpha value is -0.680. The first-order valence-electron chi connectivity index (χ1n) is 5.44. The molecule has 0 bridgehead atoms. The van der Waals surface area contributed by atoms with Crippen LogP contribution in [0.1, 0.15) is 12.0 Å². The number of halogens is 1. The second-order valence-electron chi connectivity index (χ2n) is 4.37. The molecule has 0 spiro atoms. The topological polar surface area (TPSA) is 51.2 Å². The lowest BCUT2D eigenvalue weighted by Gasteiger charge is -2.06. The van der Waals surface area contributed by atoms with Gasteiger partial charge in [0.15, 0.2) is 9.84 Å². The van der Waals surface area contributed by atoms with Gasteiger partial charge >= 0.3 is 0 Å². The van der Waals surface area contributed by atoms with Gasteiger partial charge in [-0.2, -0.15) is 0 Å². The maximum atomic E-state index is 11.9. The summed E-state index contributed by atoms with van der Waals surface area (Å²) in [5.41, 5.74) is 0.933. The van der Waals surface area contributed by atoms with Crippen LogP contribution in [0.15, 0.2) is 28.7 Å². The van der Waals surface area contributed by atoms with Crippen molar-refractivity contribution in [1.82, 2.24) is 0 Å². The average molecular weight is 317 g/mol. The van der Waals surface area contributed by atoms with Crippen LogP contribution in [-0.2, 0) is 21.1 Å². The van der Waals surface area contributed by atoms with Crippen molar-refractivity contribution < 1.29 is 13.2 Å². The molecule has 0 radical (unpaired) electrons. The average Bonchev–Trinajstić information content (AvgIpc) is 2.62. The lowest BCUT2D eigenvalue weighted by Crippen LogP contribution is -2.18. The molecule has 0 saturated carbocycles. The predicted octanol–water partition coefficient (Wildman–Crippen LogP) is 2.00. The first-order valence-corrected chi connectivity index (χ1v) is 8.05. The van der Waals surface area contributed by atoms with Crippen LogP contribution in [-0.4, -0.2) is 25.7 Å². The second-order valence-corrected chi connectivity index (χ2v) is 7.51. The molecule has 17 heavy (non-hydrogen) atoms. The number of sulfone groups is 1. The van der Waals surface area contributed by atoms with Gasteiger partial charge in [-0.15, -0.1) is 0 Å². The van der Waals surface area contributed by atoms with Crippen LogP contribution in [0.4, 0.5) is 0 Å². The summed E-state index contributed by atoms with van der Waals surface area (Å²) >= 11 is 3.33. The Labute approximate surface area is 109 Å². The molecule has 1 aromatic rings. The van der Waals surface area contributed by atoms with Crippen molar-refractivity contribution in [3.8, 4) is 0 Å². The molecule has 1 aliphatic heterocycles. The lowest BCUT2D eigenvalue weighted by molar-refractivity contribution is -0.121. The van der Waals surface area contributed by atoms with Crippen molar-refractivity contribution in [2.24, 2.45) is 5.92 Å². The Morgan fingerprint density at radius 3 is 2.47 bits per heavy atom. The van der Waals surface area contributed by atoms with Crippen molar-refractivity contribution in [2.45, 2.75) is 12.8 Å². The molecule has 1 fully saturated rings. The molecule has 0 aliphatic carbocycles. The molecule has 0 aromatic heterocycles. The standard InChI is InChI=1S/C12H13BrO3S/c13-11-3-1-9(2-4-11)7-12(14)10-5-6-17(15,16)8-10/h1-4,10H,5-8H2. The first-order chi connectivity index (χ1) is 7.96. The fourth-order valence-electron chi connectivity index (χ4n) is 2.00. The summed E-state index contributed by atoms with van der Waals surface area (Å²) in [5, 5.41) is 0. The molecule has 1 unspecified atom stereocenters. The van der Waals surface area contributed by atoms with E-state index in [0.29, 0.717) is 12.8 Å². The molecule has 1 aromatic carbocycles. The maximum Gasteiger partial charge on any atom is 0.151 e. The van der Waals surface area contributed by atoms with Gasteiger partial charge in [-0.3, -0.25) is 4.79 Å². The van der Waals surface area contributed by atoms with Gasteiger partial charge in [0.1, 0.15) is 5.78 Å². The molecule has 1 heterocycles. The summed E-state index contributed by atoms with van der Waals surface area (Å²) in [7, 11) is -2.97. The van der Waals surface area contributed by atoms with Gasteiger partial charge in [-0.05, 0) is 24.1 Å². The normalized spacial score (nSPS) is 22.5. The van der Waals surface area contributed by atoms with E-state index in [1.807, 2.05) is 24.3 Å². The monoisotopic (exact) mass is 316 g/mol. The van der Waals surface area contributed by atoms with Crippen molar-refractivity contribution in [1.29, 1.82) is 0 Å².